The molecule has 0 bridgehead atoms. The quantitative estimate of drug-likeness (QED) is 0.631. The van der Waals surface area contributed by atoms with Gasteiger partial charge >= 0.3 is 0 Å². The van der Waals surface area contributed by atoms with Crippen LogP contribution in [0.1, 0.15) is 16.8 Å². The zero-order chi connectivity index (χ0) is 18.1. The van der Waals surface area contributed by atoms with E-state index in [9.17, 15) is 4.79 Å². The molecule has 1 amide bonds. The van der Waals surface area contributed by atoms with E-state index < -0.39 is 5.91 Å². The summed E-state index contributed by atoms with van der Waals surface area (Å²) in [7, 11) is 0. The van der Waals surface area contributed by atoms with Gasteiger partial charge in [0.05, 0.1) is 17.4 Å². The summed E-state index contributed by atoms with van der Waals surface area (Å²) in [5.74, 6) is 0.159. The molecule has 0 spiro atoms. The number of aromatic nitrogens is 4. The van der Waals surface area contributed by atoms with E-state index in [1.165, 1.54) is 23.1 Å². The first kappa shape index (κ1) is 16.6. The minimum absolute atomic E-state index is 0.0545. The molecule has 26 heavy (non-hydrogen) atoms. The summed E-state index contributed by atoms with van der Waals surface area (Å²) in [5.41, 5.74) is 6.83. The number of pyridine rings is 1. The van der Waals surface area contributed by atoms with Gasteiger partial charge in [-0.25, -0.2) is 9.50 Å². The second-order valence-electron chi connectivity index (χ2n) is 5.86. The van der Waals surface area contributed by atoms with E-state index >= 15 is 0 Å². The highest BCUT2D eigenvalue weighted by Gasteiger charge is 2.22. The molecule has 3 aromatic rings. The number of nitrogen functional groups attached to an aromatic ring is 1. The monoisotopic (exact) mass is 373 g/mol. The van der Waals surface area contributed by atoms with Crippen molar-refractivity contribution in [2.24, 2.45) is 0 Å². The van der Waals surface area contributed by atoms with Gasteiger partial charge in [0, 0.05) is 25.0 Å². The maximum absolute atomic E-state index is 12.8. The van der Waals surface area contributed by atoms with Crippen molar-refractivity contribution in [3.05, 3.63) is 41.4 Å². The summed E-state index contributed by atoms with van der Waals surface area (Å²) in [6.45, 7) is 1.67. The number of nitrogens with one attached hydrogen (secondary N) is 2. The Morgan fingerprint density at radius 3 is 3.15 bits per heavy atom. The molecule has 3 aromatic heterocycles. The summed E-state index contributed by atoms with van der Waals surface area (Å²) < 4.78 is 7.33. The average molecular weight is 374 g/mol. The van der Waals surface area contributed by atoms with E-state index in [2.05, 4.69) is 25.7 Å². The first-order chi connectivity index (χ1) is 12.6. The molecule has 0 radical (unpaired) electrons. The van der Waals surface area contributed by atoms with Crippen LogP contribution < -0.4 is 21.1 Å². The van der Waals surface area contributed by atoms with Gasteiger partial charge in [-0.2, -0.15) is 0 Å². The van der Waals surface area contributed by atoms with Gasteiger partial charge in [-0.1, -0.05) is 11.6 Å². The lowest BCUT2D eigenvalue weighted by molar-refractivity contribution is 0.102. The Labute approximate surface area is 153 Å². The predicted octanol–water partition coefficient (Wildman–Crippen LogP) is 1.35. The van der Waals surface area contributed by atoms with Crippen molar-refractivity contribution in [2.75, 3.05) is 24.1 Å². The Morgan fingerprint density at radius 1 is 1.46 bits per heavy atom. The van der Waals surface area contributed by atoms with Crippen LogP contribution in [0.3, 0.4) is 0 Å². The maximum atomic E-state index is 12.8. The number of rotatable bonds is 4. The lowest BCUT2D eigenvalue weighted by atomic mass is 10.2. The Balaban J connectivity index is 1.62. The maximum Gasteiger partial charge on any atom is 0.263 e. The van der Waals surface area contributed by atoms with Crippen LogP contribution in [0.5, 0.6) is 5.75 Å². The fourth-order valence-corrected chi connectivity index (χ4v) is 2.96. The van der Waals surface area contributed by atoms with E-state index in [0.29, 0.717) is 22.1 Å². The van der Waals surface area contributed by atoms with Gasteiger partial charge in [0.2, 0.25) is 0 Å². The van der Waals surface area contributed by atoms with Gasteiger partial charge < -0.3 is 21.1 Å². The molecule has 1 saturated heterocycles. The van der Waals surface area contributed by atoms with E-state index in [-0.39, 0.29) is 17.5 Å². The van der Waals surface area contributed by atoms with Crippen molar-refractivity contribution in [1.82, 2.24) is 24.9 Å². The zero-order valence-electron chi connectivity index (χ0n) is 13.6. The number of ether oxygens (including phenoxy) is 1. The summed E-state index contributed by atoms with van der Waals surface area (Å²) in [6, 6.07) is 1.71. The van der Waals surface area contributed by atoms with Crippen LogP contribution in [-0.2, 0) is 0 Å². The lowest BCUT2D eigenvalue weighted by Gasteiger charge is -2.16. The van der Waals surface area contributed by atoms with E-state index in [0.717, 1.165) is 19.5 Å². The Hall–Kier alpha value is -2.91. The smallest absolute Gasteiger partial charge is 0.263 e. The topological polar surface area (TPSA) is 119 Å². The molecule has 1 atom stereocenters. The second kappa shape index (κ2) is 6.77. The molecule has 1 aliphatic heterocycles. The zero-order valence-corrected chi connectivity index (χ0v) is 14.4. The van der Waals surface area contributed by atoms with Crippen molar-refractivity contribution >= 4 is 34.7 Å². The number of carbonyl (C=O) groups excluding carboxylic acids is 1. The number of anilines is 2. The van der Waals surface area contributed by atoms with Crippen molar-refractivity contribution < 1.29 is 9.53 Å². The van der Waals surface area contributed by atoms with Gasteiger partial charge in [-0.15, -0.1) is 5.10 Å². The molecule has 1 fully saturated rings. The number of nitrogens with zero attached hydrogens (tertiary/aromatic N) is 4. The van der Waals surface area contributed by atoms with Gasteiger partial charge in [0.1, 0.15) is 23.1 Å². The summed E-state index contributed by atoms with van der Waals surface area (Å²) in [5, 5.41) is 10.5. The van der Waals surface area contributed by atoms with Crippen LogP contribution in [0.2, 0.25) is 5.02 Å². The molecular formula is C16H16ClN7O2. The van der Waals surface area contributed by atoms with Crippen LogP contribution in [0.4, 0.5) is 11.5 Å². The van der Waals surface area contributed by atoms with Gasteiger partial charge in [-0.3, -0.25) is 9.78 Å². The average Bonchev–Trinajstić information content (AvgIpc) is 3.23. The number of hydrogen-bond acceptors (Lipinski definition) is 7. The molecule has 9 nitrogen and oxygen atoms in total. The Kier molecular flexibility index (Phi) is 4.31. The van der Waals surface area contributed by atoms with Crippen LogP contribution >= 0.6 is 11.6 Å². The van der Waals surface area contributed by atoms with E-state index in [1.54, 1.807) is 12.3 Å². The standard InChI is InChI=1S/C16H16ClN7O2/c17-9-5-21-15-13(14(18)23-24(15)8-9)16(25)22-11-7-20-4-2-12(11)26-10-1-3-19-6-10/h2,4-5,7-8,10,19H,1,3,6H2,(H2,18,23)(H,22,25)/t10-/m0/s1. The summed E-state index contributed by atoms with van der Waals surface area (Å²) >= 11 is 5.90. The molecule has 0 saturated carbocycles. The van der Waals surface area contributed by atoms with Crippen LogP contribution in [0.15, 0.2) is 30.9 Å². The van der Waals surface area contributed by atoms with Gasteiger partial charge in [0.25, 0.3) is 5.91 Å². The van der Waals surface area contributed by atoms with E-state index in [4.69, 9.17) is 22.1 Å². The first-order valence-electron chi connectivity index (χ1n) is 8.04. The summed E-state index contributed by atoms with van der Waals surface area (Å²) in [6.07, 6.45) is 7.06. The van der Waals surface area contributed by atoms with Crippen molar-refractivity contribution in [3.8, 4) is 5.75 Å². The largest absolute Gasteiger partial charge is 0.487 e. The van der Waals surface area contributed by atoms with Crippen LogP contribution in [0, 0.1) is 0 Å². The molecule has 4 rings (SSSR count). The lowest BCUT2D eigenvalue weighted by Crippen LogP contribution is -2.21. The number of hydrogen-bond donors (Lipinski definition) is 3. The van der Waals surface area contributed by atoms with Gasteiger partial charge in [-0.05, 0) is 13.0 Å². The number of halogens is 1. The minimum Gasteiger partial charge on any atom is -0.487 e. The molecular weight excluding hydrogens is 358 g/mol. The predicted molar refractivity (Wildman–Crippen MR) is 96.5 cm³/mol. The highest BCUT2D eigenvalue weighted by molar-refractivity contribution is 6.30. The number of fused-ring (bicyclic) bond motifs is 1. The third-order valence-corrected chi connectivity index (χ3v) is 4.23. The number of amides is 1. The Morgan fingerprint density at radius 2 is 2.35 bits per heavy atom. The Bertz CT molecular complexity index is 968. The fourth-order valence-electron chi connectivity index (χ4n) is 2.82. The molecule has 0 aliphatic carbocycles. The molecule has 4 N–H and O–H groups in total. The molecule has 4 heterocycles. The van der Waals surface area contributed by atoms with Crippen molar-refractivity contribution in [2.45, 2.75) is 12.5 Å². The van der Waals surface area contributed by atoms with Crippen molar-refractivity contribution in [1.29, 1.82) is 0 Å². The minimum atomic E-state index is -0.449. The molecule has 10 heteroatoms. The normalized spacial score (nSPS) is 16.7. The van der Waals surface area contributed by atoms with Crippen LogP contribution in [-0.4, -0.2) is 44.7 Å². The SMILES string of the molecule is Nc1nn2cc(Cl)cnc2c1C(=O)Nc1cnccc1O[C@H]1CCNC1. The molecule has 0 aromatic carbocycles. The number of carbonyl (C=O) groups is 1. The summed E-state index contributed by atoms with van der Waals surface area (Å²) in [4.78, 5) is 21.0. The second-order valence-corrected chi connectivity index (χ2v) is 6.30. The highest BCUT2D eigenvalue weighted by atomic mass is 35.5. The third kappa shape index (κ3) is 3.14. The third-order valence-electron chi connectivity index (χ3n) is 4.03. The number of nitrogens with two attached hydrogens (primary N) is 1. The van der Waals surface area contributed by atoms with E-state index in [1.807, 2.05) is 0 Å². The van der Waals surface area contributed by atoms with Crippen molar-refractivity contribution in [3.63, 3.8) is 0 Å². The highest BCUT2D eigenvalue weighted by Crippen LogP contribution is 2.27. The first-order valence-corrected chi connectivity index (χ1v) is 8.41. The fraction of sp³-hybridized carbons (Fsp3) is 0.250. The molecule has 0 unspecified atom stereocenters. The molecule has 1 aliphatic rings. The molecule has 134 valence electrons. The van der Waals surface area contributed by atoms with Gasteiger partial charge in [0.15, 0.2) is 11.5 Å². The van der Waals surface area contributed by atoms with Crippen LogP contribution in [0.25, 0.3) is 5.65 Å².